The van der Waals surface area contributed by atoms with Crippen molar-refractivity contribution in [1.82, 2.24) is 10.3 Å². The third kappa shape index (κ3) is 4.74. The van der Waals surface area contributed by atoms with Crippen molar-refractivity contribution in [1.29, 1.82) is 0 Å². The summed E-state index contributed by atoms with van der Waals surface area (Å²) in [6.45, 7) is 0.193. The maximum Gasteiger partial charge on any atom is 0.319 e. The van der Waals surface area contributed by atoms with Crippen LogP contribution < -0.4 is 10.6 Å². The van der Waals surface area contributed by atoms with Crippen LogP contribution in [0.15, 0.2) is 30.3 Å². The van der Waals surface area contributed by atoms with E-state index in [-0.39, 0.29) is 21.9 Å². The van der Waals surface area contributed by atoms with Gasteiger partial charge in [-0.2, -0.15) is 0 Å². The number of urea groups is 1. The van der Waals surface area contributed by atoms with Gasteiger partial charge in [-0.25, -0.2) is 14.2 Å². The van der Waals surface area contributed by atoms with Crippen molar-refractivity contribution in [3.63, 3.8) is 0 Å². The van der Waals surface area contributed by atoms with Crippen molar-refractivity contribution in [2.45, 2.75) is 6.54 Å². The molecule has 2 rings (SSSR count). The molecule has 110 valence electrons. The molecule has 0 fully saturated rings. The molecule has 0 bridgehead atoms. The number of carbonyl (C=O) groups is 1. The molecule has 0 atom stereocenters. The summed E-state index contributed by atoms with van der Waals surface area (Å²) in [5.74, 6) is -0.508. The Morgan fingerprint density at radius 2 is 1.81 bits per heavy atom. The van der Waals surface area contributed by atoms with Crippen LogP contribution in [0.4, 0.5) is 14.9 Å². The largest absolute Gasteiger partial charge is 0.334 e. The lowest BCUT2D eigenvalue weighted by Crippen LogP contribution is -2.28. The molecule has 1 aromatic carbocycles. The Bertz CT molecular complexity index is 661. The van der Waals surface area contributed by atoms with Crippen molar-refractivity contribution in [3.05, 3.63) is 57.0 Å². The highest BCUT2D eigenvalue weighted by molar-refractivity contribution is 6.33. The van der Waals surface area contributed by atoms with Gasteiger partial charge in [0, 0.05) is 12.2 Å². The van der Waals surface area contributed by atoms with E-state index in [2.05, 4.69) is 15.6 Å². The van der Waals surface area contributed by atoms with E-state index in [1.807, 2.05) is 0 Å². The Morgan fingerprint density at radius 3 is 2.43 bits per heavy atom. The van der Waals surface area contributed by atoms with Gasteiger partial charge in [0.05, 0.1) is 5.02 Å². The van der Waals surface area contributed by atoms with E-state index in [1.165, 1.54) is 30.3 Å². The lowest BCUT2D eigenvalue weighted by Gasteiger charge is -2.08. The number of hydrogen-bond donors (Lipinski definition) is 2. The Kier molecular flexibility index (Phi) is 5.22. The summed E-state index contributed by atoms with van der Waals surface area (Å²) >= 11 is 17.1. The number of benzene rings is 1. The predicted molar refractivity (Wildman–Crippen MR) is 81.5 cm³/mol. The maximum absolute atomic E-state index is 13.0. The molecule has 1 heterocycles. The number of nitrogens with zero attached hydrogens (tertiary/aromatic N) is 1. The number of nitrogens with one attached hydrogen (secondary N) is 2. The van der Waals surface area contributed by atoms with Crippen molar-refractivity contribution in [2.75, 3.05) is 5.32 Å². The van der Waals surface area contributed by atoms with Gasteiger partial charge in [0.15, 0.2) is 0 Å². The molecule has 0 saturated carbocycles. The van der Waals surface area contributed by atoms with E-state index in [1.54, 1.807) is 0 Å². The third-order valence-corrected chi connectivity index (χ3v) is 3.13. The Morgan fingerprint density at radius 1 is 1.14 bits per heavy atom. The summed E-state index contributed by atoms with van der Waals surface area (Å²) in [6, 6.07) is 6.66. The summed E-state index contributed by atoms with van der Waals surface area (Å²) in [7, 11) is 0. The predicted octanol–water partition coefficient (Wildman–Crippen LogP) is 4.50. The van der Waals surface area contributed by atoms with E-state index < -0.39 is 11.8 Å². The monoisotopic (exact) mass is 347 g/mol. The normalized spacial score (nSPS) is 10.3. The number of amides is 2. The highest BCUT2D eigenvalue weighted by atomic mass is 35.5. The van der Waals surface area contributed by atoms with Crippen LogP contribution in [0.5, 0.6) is 0 Å². The zero-order valence-electron chi connectivity index (χ0n) is 10.5. The van der Waals surface area contributed by atoms with Crippen LogP contribution in [0.1, 0.15) is 5.56 Å². The van der Waals surface area contributed by atoms with Crippen LogP contribution in [-0.4, -0.2) is 11.0 Å². The quantitative estimate of drug-likeness (QED) is 0.802. The van der Waals surface area contributed by atoms with Gasteiger partial charge < -0.3 is 10.6 Å². The molecule has 1 aromatic heterocycles. The molecule has 2 amide bonds. The van der Waals surface area contributed by atoms with Gasteiger partial charge in [0.2, 0.25) is 0 Å². The van der Waals surface area contributed by atoms with Crippen molar-refractivity contribution in [2.24, 2.45) is 0 Å². The molecule has 21 heavy (non-hydrogen) atoms. The second-order valence-corrected chi connectivity index (χ2v) is 5.24. The van der Waals surface area contributed by atoms with Crippen LogP contribution in [0.3, 0.4) is 0 Å². The molecule has 4 nitrogen and oxygen atoms in total. The first-order chi connectivity index (χ1) is 9.94. The van der Waals surface area contributed by atoms with Gasteiger partial charge in [-0.15, -0.1) is 0 Å². The summed E-state index contributed by atoms with van der Waals surface area (Å²) < 4.78 is 13.0. The molecule has 2 aromatic rings. The van der Waals surface area contributed by atoms with Crippen LogP contribution >= 0.6 is 34.8 Å². The Labute approximate surface area is 135 Å². The topological polar surface area (TPSA) is 54.0 Å². The minimum absolute atomic E-state index is 0.00223. The fourth-order valence-corrected chi connectivity index (χ4v) is 2.21. The van der Waals surface area contributed by atoms with Crippen LogP contribution in [-0.2, 0) is 6.54 Å². The third-order valence-electron chi connectivity index (χ3n) is 2.46. The molecule has 0 aliphatic carbocycles. The van der Waals surface area contributed by atoms with Gasteiger partial charge in [-0.1, -0.05) is 40.9 Å². The van der Waals surface area contributed by atoms with Gasteiger partial charge >= 0.3 is 6.03 Å². The molecule has 2 N–H and O–H groups in total. The first kappa shape index (κ1) is 15.8. The highest BCUT2D eigenvalue weighted by Gasteiger charge is 2.06. The standard InChI is InChI=1S/C13H9Cl3FN3O/c14-9-3-7(1-2-10(9)17)6-18-13(21)19-8-4-11(15)20-12(16)5-8/h1-5H,6H2,(H2,18,19,20,21). The lowest BCUT2D eigenvalue weighted by molar-refractivity contribution is 0.251. The minimum Gasteiger partial charge on any atom is -0.334 e. The molecule has 0 unspecified atom stereocenters. The van der Waals surface area contributed by atoms with E-state index in [4.69, 9.17) is 34.8 Å². The van der Waals surface area contributed by atoms with Gasteiger partial charge in [0.1, 0.15) is 16.1 Å². The van der Waals surface area contributed by atoms with Gasteiger partial charge in [-0.05, 0) is 29.8 Å². The summed E-state index contributed by atoms with van der Waals surface area (Å²) in [4.78, 5) is 15.5. The molecular weight excluding hydrogens is 340 g/mol. The van der Waals surface area contributed by atoms with Crippen LogP contribution in [0, 0.1) is 5.82 Å². The second kappa shape index (κ2) is 6.93. The second-order valence-electron chi connectivity index (χ2n) is 4.06. The van der Waals surface area contributed by atoms with E-state index in [0.29, 0.717) is 11.3 Å². The average Bonchev–Trinajstić information content (AvgIpc) is 2.39. The fraction of sp³-hybridized carbons (Fsp3) is 0.0769. The molecule has 0 spiro atoms. The van der Waals surface area contributed by atoms with Crippen molar-refractivity contribution < 1.29 is 9.18 Å². The number of hydrogen-bond acceptors (Lipinski definition) is 2. The van der Waals surface area contributed by atoms with Crippen LogP contribution in [0.2, 0.25) is 15.3 Å². The first-order valence-corrected chi connectivity index (χ1v) is 6.89. The number of carbonyl (C=O) groups excluding carboxylic acids is 1. The number of aromatic nitrogens is 1. The lowest BCUT2D eigenvalue weighted by atomic mass is 10.2. The van der Waals surface area contributed by atoms with Gasteiger partial charge in [0.25, 0.3) is 0 Å². The van der Waals surface area contributed by atoms with Gasteiger partial charge in [-0.3, -0.25) is 0 Å². The number of rotatable bonds is 3. The van der Waals surface area contributed by atoms with Crippen molar-refractivity contribution in [3.8, 4) is 0 Å². The zero-order valence-corrected chi connectivity index (χ0v) is 12.7. The highest BCUT2D eigenvalue weighted by Crippen LogP contribution is 2.19. The number of pyridine rings is 1. The fourth-order valence-electron chi connectivity index (χ4n) is 1.54. The van der Waals surface area contributed by atoms with E-state index in [0.717, 1.165) is 0 Å². The van der Waals surface area contributed by atoms with E-state index >= 15 is 0 Å². The first-order valence-electron chi connectivity index (χ1n) is 5.76. The number of anilines is 1. The Hall–Kier alpha value is -1.56. The zero-order chi connectivity index (χ0) is 15.4. The SMILES string of the molecule is O=C(NCc1ccc(F)c(Cl)c1)Nc1cc(Cl)nc(Cl)c1. The molecule has 0 radical (unpaired) electrons. The summed E-state index contributed by atoms with van der Waals surface area (Å²) in [5.41, 5.74) is 1.08. The van der Waals surface area contributed by atoms with E-state index in [9.17, 15) is 9.18 Å². The average molecular weight is 349 g/mol. The maximum atomic E-state index is 13.0. The molecular formula is C13H9Cl3FN3O. The summed E-state index contributed by atoms with van der Waals surface area (Å²) in [6.07, 6.45) is 0. The molecule has 0 saturated heterocycles. The summed E-state index contributed by atoms with van der Waals surface area (Å²) in [5, 5.41) is 5.49. The minimum atomic E-state index is -0.508. The van der Waals surface area contributed by atoms with Crippen LogP contribution in [0.25, 0.3) is 0 Å². The number of halogens is 4. The smallest absolute Gasteiger partial charge is 0.319 e. The Balaban J connectivity index is 1.94. The molecule has 0 aliphatic rings. The molecule has 0 aliphatic heterocycles. The molecule has 8 heteroatoms. The van der Waals surface area contributed by atoms with Crippen molar-refractivity contribution >= 4 is 46.5 Å².